The lowest BCUT2D eigenvalue weighted by atomic mass is 9.92. The molecule has 1 N–H and O–H groups in total. The molecule has 3 fully saturated rings. The molecule has 3 aliphatic heterocycles. The van der Waals surface area contributed by atoms with Crippen molar-refractivity contribution in [2.45, 2.75) is 51.0 Å². The monoisotopic (exact) mass is 395 g/mol. The number of amides is 1. The van der Waals surface area contributed by atoms with Crippen LogP contribution in [0.25, 0.3) is 0 Å². The summed E-state index contributed by atoms with van der Waals surface area (Å²) in [5.74, 6) is 1.16. The number of halogens is 2. The molecule has 25 heavy (non-hydrogen) atoms. The molecule has 3 aliphatic rings. The van der Waals surface area contributed by atoms with Gasteiger partial charge in [0.25, 0.3) is 0 Å². The smallest absolute Gasteiger partial charge is 0.222 e. The van der Waals surface area contributed by atoms with Crippen LogP contribution in [0.15, 0.2) is 0 Å². The Morgan fingerprint density at radius 1 is 1.00 bits per heavy atom. The van der Waals surface area contributed by atoms with E-state index in [1.54, 1.807) is 0 Å². The number of morpholine rings is 1. The van der Waals surface area contributed by atoms with Gasteiger partial charge < -0.3 is 15.0 Å². The van der Waals surface area contributed by atoms with Gasteiger partial charge in [-0.15, -0.1) is 24.8 Å². The predicted octanol–water partition coefficient (Wildman–Crippen LogP) is 2.32. The van der Waals surface area contributed by atoms with Crippen molar-refractivity contribution in [1.82, 2.24) is 15.1 Å². The molecule has 3 saturated heterocycles. The number of likely N-dealkylation sites (tertiary alicyclic amines) is 1. The number of rotatable bonds is 5. The number of carbonyl (C=O) groups excluding carboxylic acids is 1. The van der Waals surface area contributed by atoms with Crippen molar-refractivity contribution in [2.24, 2.45) is 5.92 Å². The highest BCUT2D eigenvalue weighted by Gasteiger charge is 2.29. The number of carbonyl (C=O) groups is 1. The molecular formula is C18H35Cl2N3O2. The fourth-order valence-electron chi connectivity index (χ4n) is 4.24. The van der Waals surface area contributed by atoms with Crippen LogP contribution >= 0.6 is 24.8 Å². The van der Waals surface area contributed by atoms with Gasteiger partial charge in [0, 0.05) is 38.6 Å². The first-order valence-corrected chi connectivity index (χ1v) is 9.63. The number of hydrogen-bond acceptors (Lipinski definition) is 4. The maximum absolute atomic E-state index is 12.8. The van der Waals surface area contributed by atoms with E-state index in [0.717, 1.165) is 71.2 Å². The van der Waals surface area contributed by atoms with Crippen LogP contribution in [0.4, 0.5) is 0 Å². The molecule has 0 bridgehead atoms. The third kappa shape index (κ3) is 7.22. The SMILES string of the molecule is Cl.Cl.O=C(CCC1CCNCC1)N1CCCCC1CN1CCOCC1. The van der Waals surface area contributed by atoms with Crippen LogP contribution in [0, 0.1) is 5.92 Å². The highest BCUT2D eigenvalue weighted by atomic mass is 35.5. The Labute approximate surface area is 165 Å². The highest BCUT2D eigenvalue weighted by molar-refractivity contribution is 5.85. The molecule has 3 rings (SSSR count). The molecule has 0 saturated carbocycles. The van der Waals surface area contributed by atoms with Gasteiger partial charge in [-0.25, -0.2) is 0 Å². The first-order valence-electron chi connectivity index (χ1n) is 9.63. The van der Waals surface area contributed by atoms with Gasteiger partial charge in [0.2, 0.25) is 5.91 Å². The Morgan fingerprint density at radius 3 is 2.44 bits per heavy atom. The van der Waals surface area contributed by atoms with Crippen LogP contribution in [-0.2, 0) is 9.53 Å². The molecule has 3 heterocycles. The van der Waals surface area contributed by atoms with E-state index in [1.807, 2.05) is 0 Å². The molecule has 7 heteroatoms. The van der Waals surface area contributed by atoms with Crippen LogP contribution in [0.1, 0.15) is 44.9 Å². The van der Waals surface area contributed by atoms with Gasteiger partial charge in [-0.05, 0) is 57.5 Å². The minimum absolute atomic E-state index is 0. The van der Waals surface area contributed by atoms with E-state index >= 15 is 0 Å². The maximum atomic E-state index is 12.8. The second kappa shape index (κ2) is 12.3. The molecule has 0 radical (unpaired) electrons. The van der Waals surface area contributed by atoms with Crippen molar-refractivity contribution in [3.8, 4) is 0 Å². The van der Waals surface area contributed by atoms with Gasteiger partial charge in [0.1, 0.15) is 0 Å². The first kappa shape index (κ1) is 23.0. The summed E-state index contributed by atoms with van der Waals surface area (Å²) < 4.78 is 5.44. The van der Waals surface area contributed by atoms with E-state index in [4.69, 9.17) is 4.74 Å². The Hall–Kier alpha value is -0.0700. The summed E-state index contributed by atoms with van der Waals surface area (Å²) in [4.78, 5) is 17.4. The Bertz CT molecular complexity index is 375. The molecular weight excluding hydrogens is 361 g/mol. The van der Waals surface area contributed by atoms with Crippen molar-refractivity contribution < 1.29 is 9.53 Å². The minimum atomic E-state index is 0. The van der Waals surface area contributed by atoms with Crippen LogP contribution in [0.2, 0.25) is 0 Å². The topological polar surface area (TPSA) is 44.8 Å². The Balaban J connectivity index is 0.00000156. The molecule has 5 nitrogen and oxygen atoms in total. The van der Waals surface area contributed by atoms with Crippen molar-refractivity contribution in [3.63, 3.8) is 0 Å². The van der Waals surface area contributed by atoms with Gasteiger partial charge in [-0.1, -0.05) is 0 Å². The van der Waals surface area contributed by atoms with Gasteiger partial charge in [0.05, 0.1) is 13.2 Å². The van der Waals surface area contributed by atoms with E-state index < -0.39 is 0 Å². The quantitative estimate of drug-likeness (QED) is 0.775. The summed E-state index contributed by atoms with van der Waals surface area (Å²) in [6, 6.07) is 0.433. The van der Waals surface area contributed by atoms with Crippen LogP contribution in [-0.4, -0.2) is 74.2 Å². The Morgan fingerprint density at radius 2 is 1.72 bits per heavy atom. The lowest BCUT2D eigenvalue weighted by Gasteiger charge is -2.40. The fourth-order valence-corrected chi connectivity index (χ4v) is 4.24. The van der Waals surface area contributed by atoms with Gasteiger partial charge in [0.15, 0.2) is 0 Å². The number of piperidine rings is 2. The van der Waals surface area contributed by atoms with Crippen LogP contribution in [0.5, 0.6) is 0 Å². The molecule has 1 atom stereocenters. The van der Waals surface area contributed by atoms with Gasteiger partial charge >= 0.3 is 0 Å². The van der Waals surface area contributed by atoms with E-state index in [9.17, 15) is 4.79 Å². The van der Waals surface area contributed by atoms with Crippen LogP contribution < -0.4 is 5.32 Å². The number of hydrogen-bond donors (Lipinski definition) is 1. The van der Waals surface area contributed by atoms with Crippen molar-refractivity contribution in [3.05, 3.63) is 0 Å². The summed E-state index contributed by atoms with van der Waals surface area (Å²) in [5.41, 5.74) is 0. The van der Waals surface area contributed by atoms with Gasteiger partial charge in [-0.3, -0.25) is 9.69 Å². The third-order valence-corrected chi connectivity index (χ3v) is 5.75. The summed E-state index contributed by atoms with van der Waals surface area (Å²) in [6.45, 7) is 8.00. The van der Waals surface area contributed by atoms with Crippen LogP contribution in [0.3, 0.4) is 0 Å². The average molecular weight is 396 g/mol. The van der Waals surface area contributed by atoms with Crippen molar-refractivity contribution in [2.75, 3.05) is 52.5 Å². The summed E-state index contributed by atoms with van der Waals surface area (Å²) >= 11 is 0. The first-order chi connectivity index (χ1) is 11.3. The zero-order chi connectivity index (χ0) is 15.9. The van der Waals surface area contributed by atoms with Crippen molar-refractivity contribution >= 4 is 30.7 Å². The molecule has 0 aliphatic carbocycles. The molecule has 0 aromatic heterocycles. The van der Waals surface area contributed by atoms with E-state index in [1.165, 1.54) is 32.1 Å². The Kier molecular flexibility index (Phi) is 11.3. The number of nitrogens with zero attached hydrogens (tertiary/aromatic N) is 2. The third-order valence-electron chi connectivity index (χ3n) is 5.75. The second-order valence-electron chi connectivity index (χ2n) is 7.38. The standard InChI is InChI=1S/C18H33N3O2.2ClH/c22-18(5-4-16-6-8-19-9-7-16)21-10-2-1-3-17(21)15-20-11-13-23-14-12-20;;/h16-17,19H,1-15H2;2*1H. The second-order valence-corrected chi connectivity index (χ2v) is 7.38. The highest BCUT2D eigenvalue weighted by Crippen LogP contribution is 2.23. The average Bonchev–Trinajstić information content (AvgIpc) is 2.62. The fraction of sp³-hybridized carbons (Fsp3) is 0.944. The molecule has 0 spiro atoms. The normalized spacial score (nSPS) is 25.8. The predicted molar refractivity (Wildman–Crippen MR) is 106 cm³/mol. The zero-order valence-electron chi connectivity index (χ0n) is 15.3. The zero-order valence-corrected chi connectivity index (χ0v) is 16.9. The molecule has 1 amide bonds. The van der Waals surface area contributed by atoms with Gasteiger partial charge in [-0.2, -0.15) is 0 Å². The summed E-state index contributed by atoms with van der Waals surface area (Å²) in [5, 5.41) is 3.41. The molecule has 0 aromatic rings. The maximum Gasteiger partial charge on any atom is 0.222 e. The molecule has 0 aromatic carbocycles. The minimum Gasteiger partial charge on any atom is -0.379 e. The number of nitrogens with one attached hydrogen (secondary N) is 1. The largest absolute Gasteiger partial charge is 0.379 e. The molecule has 1 unspecified atom stereocenters. The van der Waals surface area contributed by atoms with Crippen molar-refractivity contribution in [1.29, 1.82) is 0 Å². The van der Waals surface area contributed by atoms with E-state index in [0.29, 0.717) is 11.9 Å². The van der Waals surface area contributed by atoms with E-state index in [2.05, 4.69) is 15.1 Å². The number of ether oxygens (including phenoxy) is 1. The van der Waals surface area contributed by atoms with E-state index in [-0.39, 0.29) is 24.8 Å². The summed E-state index contributed by atoms with van der Waals surface area (Å²) in [7, 11) is 0. The molecule has 148 valence electrons. The lowest BCUT2D eigenvalue weighted by Crippen LogP contribution is -2.51. The lowest BCUT2D eigenvalue weighted by molar-refractivity contribution is -0.136. The summed E-state index contributed by atoms with van der Waals surface area (Å²) in [6.07, 6.45) is 7.95.